The topological polar surface area (TPSA) is 43.9 Å². The molecule has 4 nitrogen and oxygen atoms in total. The summed E-state index contributed by atoms with van der Waals surface area (Å²) in [5.74, 6) is 0.976. The third kappa shape index (κ3) is 7.90. The summed E-state index contributed by atoms with van der Waals surface area (Å²) in [7, 11) is 0. The van der Waals surface area contributed by atoms with Crippen LogP contribution in [0.3, 0.4) is 0 Å². The Morgan fingerprint density at radius 3 is 2.03 bits per heavy atom. The summed E-state index contributed by atoms with van der Waals surface area (Å²) in [5, 5.41) is 9.36. The molecule has 3 aromatic heterocycles. The summed E-state index contributed by atoms with van der Waals surface area (Å²) in [6, 6.07) is 63.7. The van der Waals surface area contributed by atoms with E-state index in [1.807, 2.05) is 6.07 Å². The Morgan fingerprint density at radius 1 is 0.627 bits per heavy atom. The third-order valence-electron chi connectivity index (χ3n) is 12.6. The molecule has 3 heterocycles. The van der Waals surface area contributed by atoms with E-state index < -0.39 is 6.85 Å². The van der Waals surface area contributed by atoms with Gasteiger partial charge in [-0.1, -0.05) is 148 Å². The van der Waals surface area contributed by atoms with Crippen molar-refractivity contribution in [3.8, 4) is 39.5 Å². The zero-order valence-corrected chi connectivity index (χ0v) is 39.8. The normalized spacial score (nSPS) is 12.4. The molecule has 0 atom stereocenters. The number of fused-ring (bicyclic) bond motifs is 9. The van der Waals surface area contributed by atoms with Gasteiger partial charge in [-0.25, -0.2) is 0 Å². The van der Waals surface area contributed by atoms with Crippen LogP contribution in [0, 0.1) is 24.8 Å². The Morgan fingerprint density at radius 2 is 1.33 bits per heavy atom. The van der Waals surface area contributed by atoms with Gasteiger partial charge in [0.2, 0.25) is 0 Å². The van der Waals surface area contributed by atoms with Gasteiger partial charge in [0.25, 0.3) is 0 Å². The molecule has 329 valence electrons. The minimum Gasteiger partial charge on any atom is -0.501 e. The zero-order chi connectivity index (χ0) is 47.6. The number of furan rings is 1. The molecule has 9 aromatic carbocycles. The summed E-state index contributed by atoms with van der Waals surface area (Å²) in [6.45, 7) is 7.05. The molecular formula is C61H46FIrN3O-2. The maximum absolute atomic E-state index is 12.7. The molecule has 12 aromatic rings. The van der Waals surface area contributed by atoms with Gasteiger partial charge in [0.15, 0.2) is 0 Å². The van der Waals surface area contributed by atoms with Crippen LogP contribution in [-0.2, 0) is 20.1 Å². The second-order valence-corrected chi connectivity index (χ2v) is 17.5. The smallest absolute Gasteiger partial charge is 0.121 e. The fourth-order valence-corrected chi connectivity index (χ4v) is 9.37. The number of imidazole rings is 1. The van der Waals surface area contributed by atoms with Crippen LogP contribution >= 0.6 is 0 Å². The molecule has 0 aliphatic rings. The number of halogens is 1. The van der Waals surface area contributed by atoms with E-state index in [-0.39, 0.29) is 43.3 Å². The molecule has 0 N–H and O–H groups in total. The van der Waals surface area contributed by atoms with Crippen LogP contribution in [0.4, 0.5) is 4.39 Å². The van der Waals surface area contributed by atoms with Crippen molar-refractivity contribution in [3.05, 3.63) is 211 Å². The van der Waals surface area contributed by atoms with E-state index in [4.69, 9.17) is 13.5 Å². The average molecular weight is 1050 g/mol. The monoisotopic (exact) mass is 1050 g/mol. The molecule has 0 amide bonds. The predicted molar refractivity (Wildman–Crippen MR) is 272 cm³/mol. The molecule has 0 spiro atoms. The number of hydrogen-bond acceptors (Lipinski definition) is 3. The van der Waals surface area contributed by atoms with E-state index in [1.54, 1.807) is 12.1 Å². The van der Waals surface area contributed by atoms with Crippen LogP contribution in [0.5, 0.6) is 0 Å². The molecule has 0 saturated carbocycles. The summed E-state index contributed by atoms with van der Waals surface area (Å²) >= 11 is 0. The molecule has 0 bridgehead atoms. The van der Waals surface area contributed by atoms with Gasteiger partial charge in [0, 0.05) is 52.7 Å². The Bertz CT molecular complexity index is 3870. The van der Waals surface area contributed by atoms with Crippen LogP contribution in [0.1, 0.15) is 60.3 Å². The average Bonchev–Trinajstić information content (AvgIpc) is 3.94. The number of nitrogens with zero attached hydrogens (tertiary/aromatic N) is 3. The maximum Gasteiger partial charge on any atom is 0.121 e. The van der Waals surface area contributed by atoms with Crippen molar-refractivity contribution in [2.45, 2.75) is 46.4 Å². The minimum atomic E-state index is -2.15. The van der Waals surface area contributed by atoms with Crippen LogP contribution < -0.4 is 0 Å². The first-order valence-electron chi connectivity index (χ1n) is 23.9. The first-order chi connectivity index (χ1) is 33.4. The van der Waals surface area contributed by atoms with Crippen LogP contribution in [-0.4, -0.2) is 14.5 Å². The second kappa shape index (κ2) is 17.9. The Kier molecular flexibility index (Phi) is 10.7. The molecule has 0 aliphatic heterocycles. The van der Waals surface area contributed by atoms with Gasteiger partial charge in [-0.15, -0.1) is 48.0 Å². The van der Waals surface area contributed by atoms with E-state index in [0.717, 1.165) is 44.4 Å². The van der Waals surface area contributed by atoms with Crippen molar-refractivity contribution in [2.24, 2.45) is 0 Å². The van der Waals surface area contributed by atoms with Gasteiger partial charge in [-0.2, -0.15) is 0 Å². The third-order valence-corrected chi connectivity index (χ3v) is 12.6. The molecule has 12 rings (SSSR count). The molecule has 67 heavy (non-hydrogen) atoms. The van der Waals surface area contributed by atoms with Gasteiger partial charge in [-0.05, 0) is 109 Å². The molecule has 6 heteroatoms. The largest absolute Gasteiger partial charge is 0.501 e. The first kappa shape index (κ1) is 40.1. The van der Waals surface area contributed by atoms with Crippen LogP contribution in [0.2, 0.25) is 0 Å². The van der Waals surface area contributed by atoms with Gasteiger partial charge in [-0.3, -0.25) is 9.37 Å². The van der Waals surface area contributed by atoms with Crippen LogP contribution in [0.25, 0.3) is 105 Å². The zero-order valence-electron chi connectivity index (χ0n) is 40.4. The molecule has 0 saturated heterocycles. The quantitative estimate of drug-likeness (QED) is 0.123. The number of rotatable bonds is 6. The van der Waals surface area contributed by atoms with Crippen molar-refractivity contribution in [1.82, 2.24) is 14.5 Å². The van der Waals surface area contributed by atoms with Crippen LogP contribution in [0.15, 0.2) is 180 Å². The van der Waals surface area contributed by atoms with Crippen molar-refractivity contribution in [1.29, 1.82) is 0 Å². The van der Waals surface area contributed by atoms with E-state index >= 15 is 0 Å². The predicted octanol–water partition coefficient (Wildman–Crippen LogP) is 16.8. The summed E-state index contributed by atoms with van der Waals surface area (Å²) in [6.07, 6.45) is 1.31. The number of aryl methyl sites for hydroxylation is 1. The first-order valence-corrected chi connectivity index (χ1v) is 22.4. The summed E-state index contributed by atoms with van der Waals surface area (Å²) in [4.78, 5) is 9.51. The number of hydrogen-bond donors (Lipinski definition) is 0. The van der Waals surface area contributed by atoms with Gasteiger partial charge in [0.1, 0.15) is 5.58 Å². The summed E-state index contributed by atoms with van der Waals surface area (Å²) in [5.41, 5.74) is 12.2. The van der Waals surface area contributed by atoms with Crippen molar-refractivity contribution >= 4 is 65.3 Å². The van der Waals surface area contributed by atoms with Gasteiger partial charge >= 0.3 is 0 Å². The molecule has 0 unspecified atom stereocenters. The van der Waals surface area contributed by atoms with Crippen molar-refractivity contribution < 1.29 is 33.0 Å². The molecule has 1 radical (unpaired) electrons. The fraction of sp³-hybridized carbons (Fsp3) is 0.115. The van der Waals surface area contributed by atoms with E-state index in [0.29, 0.717) is 11.3 Å². The molecule has 0 aliphatic carbocycles. The standard InChI is InChI=1S/C49H37N2O.C12H9FN.Ir/c1-29(2)40-26-35(31-13-6-5-7-14-31)27-41(30(3)4)46(40)51-47-37-18-11-9-16-33(37)23-24-44(47)50-49(51)39-20-12-19-38-43-25-34-22-21-32-15-8-10-17-36(32)42(34)28-45(43)52-48(38)39;1-9-2-7-12(14-8-9)10-3-5-11(13)6-4-10;/h5-19,21-30H,1-4H3;2-3,5-8H,1H3;/q2*-1;/i;1D3;. The maximum atomic E-state index is 12.7. The minimum absolute atomic E-state index is 0. The van der Waals surface area contributed by atoms with E-state index in [2.05, 4.69) is 183 Å². The SMILES string of the molecule is CC(C)c1cc(-c2ccccc2)cc(C(C)C)c1-n1c(-c2[c-]ccc3c2oc2cc4c(ccc5ccccc54)cc23)nc2ccc3ccccc3c21.[2H]C([2H])([2H])c1ccc(-c2[c-]cc(F)cc2)nc1.[Ir]. The van der Waals surface area contributed by atoms with E-state index in [1.165, 1.54) is 84.7 Å². The summed E-state index contributed by atoms with van der Waals surface area (Å²) < 4.78 is 43.7. The van der Waals surface area contributed by atoms with E-state index in [9.17, 15) is 4.39 Å². The van der Waals surface area contributed by atoms with Crippen molar-refractivity contribution in [3.63, 3.8) is 0 Å². The number of benzene rings is 9. The van der Waals surface area contributed by atoms with Gasteiger partial charge in [0.05, 0.1) is 22.4 Å². The Hall–Kier alpha value is -7.24. The second-order valence-electron chi connectivity index (χ2n) is 17.5. The number of aromatic nitrogens is 3. The fourth-order valence-electron chi connectivity index (χ4n) is 9.37. The number of pyridine rings is 1. The Labute approximate surface area is 407 Å². The Balaban J connectivity index is 0.000000268. The van der Waals surface area contributed by atoms with Gasteiger partial charge < -0.3 is 14.0 Å². The molecular weight excluding hydrogens is 1000 g/mol. The van der Waals surface area contributed by atoms with Crippen molar-refractivity contribution in [2.75, 3.05) is 0 Å². The molecule has 0 fully saturated rings.